The topological polar surface area (TPSA) is 74.2 Å². The molecule has 0 fully saturated rings. The Labute approximate surface area is 192 Å². The smallest absolute Gasteiger partial charge is 0.317 e. The highest BCUT2D eigenvalue weighted by Crippen LogP contribution is 2.33. The van der Waals surface area contributed by atoms with Gasteiger partial charge in [-0.05, 0) is 30.2 Å². The summed E-state index contributed by atoms with van der Waals surface area (Å²) in [5, 5.41) is 8.46. The minimum Gasteiger partial charge on any atom is -0.383 e. The van der Waals surface area contributed by atoms with Crippen LogP contribution in [-0.4, -0.2) is 60.9 Å². The molecule has 2 aromatic carbocycles. The van der Waals surface area contributed by atoms with Gasteiger partial charge in [0.1, 0.15) is 18.2 Å². The van der Waals surface area contributed by atoms with E-state index in [1.165, 1.54) is 35.2 Å². The lowest BCUT2D eigenvalue weighted by Gasteiger charge is -2.27. The zero-order chi connectivity index (χ0) is 23.8. The summed E-state index contributed by atoms with van der Waals surface area (Å²) in [6, 6.07) is 11.1. The van der Waals surface area contributed by atoms with Gasteiger partial charge in [-0.3, -0.25) is 4.79 Å². The van der Waals surface area contributed by atoms with E-state index >= 15 is 0 Å². The van der Waals surface area contributed by atoms with Crippen molar-refractivity contribution in [3.8, 4) is 0 Å². The van der Waals surface area contributed by atoms with Crippen molar-refractivity contribution in [2.75, 3.05) is 33.4 Å². The van der Waals surface area contributed by atoms with Crippen molar-refractivity contribution in [3.63, 3.8) is 0 Å². The number of ether oxygens (including phenoxy) is 1. The van der Waals surface area contributed by atoms with E-state index in [0.717, 1.165) is 6.42 Å². The Morgan fingerprint density at radius 2 is 1.91 bits per heavy atom. The zero-order valence-corrected chi connectivity index (χ0v) is 18.8. The Balaban J connectivity index is 1.88. The van der Waals surface area contributed by atoms with Crippen LogP contribution in [0.4, 0.5) is 13.6 Å². The molecule has 2 aromatic rings. The number of hydrogen-bond donors (Lipinski definition) is 1. The molecule has 9 heteroatoms. The Hall–Kier alpha value is -3.33. The predicted molar refractivity (Wildman–Crippen MR) is 121 cm³/mol. The normalized spacial score (nSPS) is 15.3. The van der Waals surface area contributed by atoms with Crippen molar-refractivity contribution in [2.24, 2.45) is 5.10 Å². The van der Waals surface area contributed by atoms with Crippen LogP contribution in [0.5, 0.6) is 0 Å². The molecule has 3 amide bonds. The highest BCUT2D eigenvalue weighted by Gasteiger charge is 2.35. The van der Waals surface area contributed by atoms with Gasteiger partial charge < -0.3 is 15.0 Å². The minimum atomic E-state index is -0.546. The molecule has 0 unspecified atom stereocenters. The summed E-state index contributed by atoms with van der Waals surface area (Å²) in [5.74, 6) is -1.27. The SMILES string of the molecule is CCCNC(=O)N(CCOC)CC(=O)N1N=C(c2ccccc2F)C[C@@H]1c1ccc(F)cc1. The van der Waals surface area contributed by atoms with Crippen LogP contribution in [0.25, 0.3) is 0 Å². The van der Waals surface area contributed by atoms with Gasteiger partial charge in [-0.25, -0.2) is 18.6 Å². The lowest BCUT2D eigenvalue weighted by molar-refractivity contribution is -0.133. The average molecular weight is 459 g/mol. The molecule has 1 aliphatic heterocycles. The van der Waals surface area contributed by atoms with Crippen LogP contribution >= 0.6 is 0 Å². The molecule has 0 aliphatic carbocycles. The molecule has 0 bridgehead atoms. The number of carbonyl (C=O) groups is 2. The maximum absolute atomic E-state index is 14.4. The van der Waals surface area contributed by atoms with Gasteiger partial charge in [-0.2, -0.15) is 5.10 Å². The summed E-state index contributed by atoms with van der Waals surface area (Å²) in [4.78, 5) is 27.2. The number of urea groups is 1. The largest absolute Gasteiger partial charge is 0.383 e. The van der Waals surface area contributed by atoms with Crippen LogP contribution in [0.15, 0.2) is 53.6 Å². The van der Waals surface area contributed by atoms with E-state index in [0.29, 0.717) is 23.4 Å². The summed E-state index contributed by atoms with van der Waals surface area (Å²) in [7, 11) is 1.51. The molecule has 33 heavy (non-hydrogen) atoms. The predicted octanol–water partition coefficient (Wildman–Crippen LogP) is 3.71. The van der Waals surface area contributed by atoms with Gasteiger partial charge in [0, 0.05) is 32.2 Å². The van der Waals surface area contributed by atoms with E-state index in [2.05, 4.69) is 10.4 Å². The van der Waals surface area contributed by atoms with E-state index in [4.69, 9.17) is 4.74 Å². The Bertz CT molecular complexity index is 997. The quantitative estimate of drug-likeness (QED) is 0.623. The lowest BCUT2D eigenvalue weighted by Crippen LogP contribution is -2.47. The van der Waals surface area contributed by atoms with Crippen LogP contribution in [0.2, 0.25) is 0 Å². The van der Waals surface area contributed by atoms with E-state index in [1.807, 2.05) is 6.92 Å². The van der Waals surface area contributed by atoms with Gasteiger partial charge in [0.2, 0.25) is 0 Å². The van der Waals surface area contributed by atoms with Crippen molar-refractivity contribution in [2.45, 2.75) is 25.8 Å². The Kier molecular flexibility index (Phi) is 8.48. The van der Waals surface area contributed by atoms with Crippen LogP contribution in [0.3, 0.4) is 0 Å². The fourth-order valence-corrected chi connectivity index (χ4v) is 3.58. The van der Waals surface area contributed by atoms with Crippen molar-refractivity contribution in [1.29, 1.82) is 0 Å². The second-order valence-corrected chi connectivity index (χ2v) is 7.68. The second kappa shape index (κ2) is 11.5. The first-order valence-corrected chi connectivity index (χ1v) is 10.9. The first-order chi connectivity index (χ1) is 15.9. The summed E-state index contributed by atoms with van der Waals surface area (Å²) in [6.07, 6.45) is 1.02. The second-order valence-electron chi connectivity index (χ2n) is 7.68. The van der Waals surface area contributed by atoms with Gasteiger partial charge in [0.05, 0.1) is 18.4 Å². The molecule has 0 saturated carbocycles. The molecule has 0 aromatic heterocycles. The Morgan fingerprint density at radius 3 is 2.58 bits per heavy atom. The molecule has 7 nitrogen and oxygen atoms in total. The van der Waals surface area contributed by atoms with Crippen LogP contribution < -0.4 is 5.32 Å². The summed E-state index contributed by atoms with van der Waals surface area (Å²) < 4.78 is 33.0. The maximum atomic E-state index is 14.4. The standard InChI is InChI=1S/C24H28F2N4O3/c1-3-12-27-24(32)29(13-14-33-2)16-23(31)30-22(17-8-10-18(25)11-9-17)15-21(28-30)19-6-4-5-7-20(19)26/h4-11,22H,3,12-16H2,1-2H3,(H,27,32)/t22-/m1/s1. The summed E-state index contributed by atoms with van der Waals surface area (Å²) in [6.45, 7) is 2.66. The number of methoxy groups -OCH3 is 1. The van der Waals surface area contributed by atoms with E-state index in [9.17, 15) is 18.4 Å². The fourth-order valence-electron chi connectivity index (χ4n) is 3.58. The number of nitrogens with one attached hydrogen (secondary N) is 1. The summed E-state index contributed by atoms with van der Waals surface area (Å²) in [5.41, 5.74) is 1.38. The number of hydrazone groups is 1. The molecular weight excluding hydrogens is 430 g/mol. The number of rotatable bonds is 9. The number of benzene rings is 2. The van der Waals surface area contributed by atoms with Crippen molar-refractivity contribution in [1.82, 2.24) is 15.2 Å². The number of nitrogens with zero attached hydrogens (tertiary/aromatic N) is 3. The molecule has 0 saturated heterocycles. The lowest BCUT2D eigenvalue weighted by atomic mass is 9.98. The minimum absolute atomic E-state index is 0.219. The molecular formula is C24H28F2N4O3. The van der Waals surface area contributed by atoms with Gasteiger partial charge in [-0.15, -0.1) is 0 Å². The van der Waals surface area contributed by atoms with Crippen LogP contribution in [-0.2, 0) is 9.53 Å². The molecule has 1 N–H and O–H groups in total. The molecule has 3 rings (SSSR count). The molecule has 1 heterocycles. The van der Waals surface area contributed by atoms with Crippen molar-refractivity contribution < 1.29 is 23.1 Å². The van der Waals surface area contributed by atoms with Gasteiger partial charge in [0.25, 0.3) is 5.91 Å². The highest BCUT2D eigenvalue weighted by atomic mass is 19.1. The van der Waals surface area contributed by atoms with E-state index in [-0.39, 0.29) is 32.1 Å². The third-order valence-corrected chi connectivity index (χ3v) is 5.31. The number of carbonyl (C=O) groups excluding carboxylic acids is 2. The molecule has 0 radical (unpaired) electrons. The molecule has 1 aliphatic rings. The maximum Gasteiger partial charge on any atom is 0.317 e. The summed E-state index contributed by atoms with van der Waals surface area (Å²) >= 11 is 0. The van der Waals surface area contributed by atoms with Gasteiger partial charge in [0.15, 0.2) is 0 Å². The van der Waals surface area contributed by atoms with Crippen molar-refractivity contribution in [3.05, 3.63) is 71.3 Å². The number of halogens is 2. The molecule has 1 atom stereocenters. The molecule has 0 spiro atoms. The monoisotopic (exact) mass is 458 g/mol. The van der Waals surface area contributed by atoms with E-state index in [1.54, 1.807) is 30.3 Å². The third kappa shape index (κ3) is 6.13. The van der Waals surface area contributed by atoms with Crippen molar-refractivity contribution >= 4 is 17.6 Å². The van der Waals surface area contributed by atoms with E-state index < -0.39 is 23.6 Å². The fraction of sp³-hybridized carbons (Fsp3) is 0.375. The number of amides is 3. The zero-order valence-electron chi connectivity index (χ0n) is 18.8. The van der Waals surface area contributed by atoms with Gasteiger partial charge in [-0.1, -0.05) is 37.3 Å². The van der Waals surface area contributed by atoms with Crippen LogP contribution in [0.1, 0.15) is 36.9 Å². The first-order valence-electron chi connectivity index (χ1n) is 10.9. The first kappa shape index (κ1) is 24.3. The van der Waals surface area contributed by atoms with Gasteiger partial charge >= 0.3 is 6.03 Å². The third-order valence-electron chi connectivity index (χ3n) is 5.31. The molecule has 176 valence electrons. The number of hydrogen-bond acceptors (Lipinski definition) is 4. The van der Waals surface area contributed by atoms with Crippen LogP contribution in [0, 0.1) is 11.6 Å². The highest BCUT2D eigenvalue weighted by molar-refractivity contribution is 6.03. The average Bonchev–Trinajstić information content (AvgIpc) is 3.26. The Morgan fingerprint density at radius 1 is 1.18 bits per heavy atom.